The van der Waals surface area contributed by atoms with Crippen LogP contribution in [0, 0.1) is 5.92 Å². The molecule has 0 radical (unpaired) electrons. The number of hydrogen-bond donors (Lipinski definition) is 0. The largest absolute Gasteiger partial charge is 0.491 e. The second-order valence-electron chi connectivity index (χ2n) is 7.27. The molecular weight excluding hydrogens is 312 g/mol. The van der Waals surface area contributed by atoms with Crippen LogP contribution in [-0.4, -0.2) is 38.9 Å². The minimum atomic E-state index is 0.270. The molecule has 5 nitrogen and oxygen atoms in total. The molecule has 1 fully saturated rings. The Morgan fingerprint density at radius 2 is 2.08 bits per heavy atom. The number of benzene rings is 1. The Balaban J connectivity index is 1.49. The molecule has 0 amide bonds. The topological polar surface area (TPSA) is 43.2 Å². The predicted molar refractivity (Wildman–Crippen MR) is 99.5 cm³/mol. The van der Waals surface area contributed by atoms with Crippen molar-refractivity contribution in [3.8, 4) is 5.75 Å². The van der Waals surface area contributed by atoms with Crippen molar-refractivity contribution in [3.05, 3.63) is 42.0 Å². The number of aromatic nitrogens is 3. The highest BCUT2D eigenvalue weighted by atomic mass is 16.5. The molecule has 136 valence electrons. The highest BCUT2D eigenvalue weighted by Gasteiger charge is 2.21. The van der Waals surface area contributed by atoms with Gasteiger partial charge in [0.1, 0.15) is 17.9 Å². The van der Waals surface area contributed by atoms with Crippen LogP contribution in [0.4, 0.5) is 0 Å². The van der Waals surface area contributed by atoms with E-state index in [-0.39, 0.29) is 6.10 Å². The number of likely N-dealkylation sites (tertiary alicyclic amines) is 1. The van der Waals surface area contributed by atoms with E-state index in [1.807, 2.05) is 11.6 Å². The van der Waals surface area contributed by atoms with Crippen LogP contribution in [0.1, 0.15) is 44.5 Å². The van der Waals surface area contributed by atoms with Gasteiger partial charge in [0.2, 0.25) is 0 Å². The molecule has 0 aliphatic carbocycles. The van der Waals surface area contributed by atoms with Crippen LogP contribution < -0.4 is 4.74 Å². The van der Waals surface area contributed by atoms with Crippen LogP contribution in [0.25, 0.3) is 0 Å². The van der Waals surface area contributed by atoms with E-state index in [2.05, 4.69) is 53.2 Å². The number of nitrogens with zero attached hydrogens (tertiary/aromatic N) is 4. The first-order chi connectivity index (χ1) is 12.1. The standard InChI is InChI=1S/C20H30N4O/c1-4-16(2)25-19-7-5-6-18(12-19)14-24-10-8-17(9-11-24)13-20-22-21-15-23(20)3/h5-7,12,15-17H,4,8-11,13-14H2,1-3H3/t16-/m0/s1. The quantitative estimate of drug-likeness (QED) is 0.773. The van der Waals surface area contributed by atoms with Crippen molar-refractivity contribution in [1.29, 1.82) is 0 Å². The second-order valence-corrected chi connectivity index (χ2v) is 7.27. The maximum Gasteiger partial charge on any atom is 0.132 e. The average molecular weight is 342 g/mol. The van der Waals surface area contributed by atoms with Gasteiger partial charge in [0.15, 0.2) is 0 Å². The van der Waals surface area contributed by atoms with Crippen LogP contribution in [0.15, 0.2) is 30.6 Å². The average Bonchev–Trinajstić information content (AvgIpc) is 3.02. The lowest BCUT2D eigenvalue weighted by Gasteiger charge is -2.31. The molecule has 2 heterocycles. The van der Waals surface area contributed by atoms with Gasteiger partial charge in [-0.1, -0.05) is 19.1 Å². The number of aryl methyl sites for hydroxylation is 1. The number of hydrogen-bond acceptors (Lipinski definition) is 4. The zero-order chi connectivity index (χ0) is 17.6. The fraction of sp³-hybridized carbons (Fsp3) is 0.600. The zero-order valence-corrected chi connectivity index (χ0v) is 15.7. The first-order valence-electron chi connectivity index (χ1n) is 9.45. The molecule has 0 bridgehead atoms. The Labute approximate surface area is 151 Å². The summed E-state index contributed by atoms with van der Waals surface area (Å²) in [6.07, 6.45) is 6.60. The van der Waals surface area contributed by atoms with E-state index in [1.54, 1.807) is 6.33 Å². The lowest BCUT2D eigenvalue weighted by molar-refractivity contribution is 0.175. The van der Waals surface area contributed by atoms with Gasteiger partial charge in [0, 0.05) is 20.0 Å². The molecule has 5 heteroatoms. The molecule has 25 heavy (non-hydrogen) atoms. The molecule has 0 N–H and O–H groups in total. The van der Waals surface area contributed by atoms with Crippen molar-refractivity contribution in [3.63, 3.8) is 0 Å². The van der Waals surface area contributed by atoms with Gasteiger partial charge >= 0.3 is 0 Å². The van der Waals surface area contributed by atoms with Gasteiger partial charge in [-0.3, -0.25) is 4.90 Å². The fourth-order valence-corrected chi connectivity index (χ4v) is 3.39. The monoisotopic (exact) mass is 342 g/mol. The van der Waals surface area contributed by atoms with E-state index in [9.17, 15) is 0 Å². The van der Waals surface area contributed by atoms with Crippen LogP contribution in [0.5, 0.6) is 5.75 Å². The van der Waals surface area contributed by atoms with E-state index < -0.39 is 0 Å². The molecular formula is C20H30N4O. The third kappa shape index (κ3) is 5.05. The minimum Gasteiger partial charge on any atom is -0.491 e. The van der Waals surface area contributed by atoms with Crippen LogP contribution in [-0.2, 0) is 20.0 Å². The minimum absolute atomic E-state index is 0.270. The zero-order valence-electron chi connectivity index (χ0n) is 15.7. The Morgan fingerprint density at radius 3 is 2.76 bits per heavy atom. The first-order valence-corrected chi connectivity index (χ1v) is 9.45. The summed E-state index contributed by atoms with van der Waals surface area (Å²) in [6.45, 7) is 7.58. The molecule has 1 aromatic carbocycles. The Hall–Kier alpha value is -1.88. The van der Waals surface area contributed by atoms with Gasteiger partial charge < -0.3 is 9.30 Å². The van der Waals surface area contributed by atoms with E-state index in [0.717, 1.165) is 50.0 Å². The normalized spacial score (nSPS) is 17.6. The molecule has 1 saturated heterocycles. The molecule has 1 aromatic heterocycles. The molecule has 0 spiro atoms. The van der Waals surface area contributed by atoms with Gasteiger partial charge in [-0.05, 0) is 62.9 Å². The summed E-state index contributed by atoms with van der Waals surface area (Å²) in [5.74, 6) is 2.82. The third-order valence-corrected chi connectivity index (χ3v) is 5.20. The summed E-state index contributed by atoms with van der Waals surface area (Å²) in [5.41, 5.74) is 1.34. The number of piperidine rings is 1. The Kier molecular flexibility index (Phi) is 6.08. The molecule has 3 rings (SSSR count). The van der Waals surface area contributed by atoms with E-state index in [4.69, 9.17) is 4.74 Å². The van der Waals surface area contributed by atoms with Crippen LogP contribution >= 0.6 is 0 Å². The summed E-state index contributed by atoms with van der Waals surface area (Å²) in [6, 6.07) is 8.56. The lowest BCUT2D eigenvalue weighted by atomic mass is 9.93. The summed E-state index contributed by atoms with van der Waals surface area (Å²) in [7, 11) is 2.03. The van der Waals surface area contributed by atoms with Crippen molar-refractivity contribution in [2.24, 2.45) is 13.0 Å². The molecule has 0 saturated carbocycles. The highest BCUT2D eigenvalue weighted by molar-refractivity contribution is 5.28. The Bertz CT molecular complexity index is 661. The SMILES string of the molecule is CC[C@H](C)Oc1cccc(CN2CCC(Cc3nncn3C)CC2)c1. The third-order valence-electron chi connectivity index (χ3n) is 5.20. The molecule has 2 aromatic rings. The van der Waals surface area contributed by atoms with Gasteiger partial charge in [-0.25, -0.2) is 0 Å². The highest BCUT2D eigenvalue weighted by Crippen LogP contribution is 2.23. The van der Waals surface area contributed by atoms with E-state index in [0.29, 0.717) is 0 Å². The number of rotatable bonds is 7. The maximum atomic E-state index is 5.95. The van der Waals surface area contributed by atoms with E-state index in [1.165, 1.54) is 18.4 Å². The molecule has 1 aliphatic rings. The molecule has 0 unspecified atom stereocenters. The van der Waals surface area contributed by atoms with Gasteiger partial charge in [-0.15, -0.1) is 10.2 Å². The summed E-state index contributed by atoms with van der Waals surface area (Å²) in [5, 5.41) is 8.21. The fourth-order valence-electron chi connectivity index (χ4n) is 3.39. The summed E-state index contributed by atoms with van der Waals surface area (Å²) in [4.78, 5) is 2.55. The van der Waals surface area contributed by atoms with Gasteiger partial charge in [0.05, 0.1) is 6.10 Å². The van der Waals surface area contributed by atoms with Crippen molar-refractivity contribution in [1.82, 2.24) is 19.7 Å². The van der Waals surface area contributed by atoms with Crippen LogP contribution in [0.2, 0.25) is 0 Å². The maximum absolute atomic E-state index is 5.95. The van der Waals surface area contributed by atoms with E-state index >= 15 is 0 Å². The molecule has 1 atom stereocenters. The van der Waals surface area contributed by atoms with Gasteiger partial charge in [-0.2, -0.15) is 0 Å². The van der Waals surface area contributed by atoms with Crippen molar-refractivity contribution < 1.29 is 4.74 Å². The Morgan fingerprint density at radius 1 is 1.28 bits per heavy atom. The second kappa shape index (κ2) is 8.48. The molecule has 1 aliphatic heterocycles. The van der Waals surface area contributed by atoms with Gasteiger partial charge in [0.25, 0.3) is 0 Å². The van der Waals surface area contributed by atoms with Crippen molar-refractivity contribution in [2.45, 2.75) is 52.2 Å². The first kappa shape index (κ1) is 17.9. The summed E-state index contributed by atoms with van der Waals surface area (Å²) >= 11 is 0. The van der Waals surface area contributed by atoms with Crippen LogP contribution in [0.3, 0.4) is 0 Å². The smallest absolute Gasteiger partial charge is 0.132 e. The number of ether oxygens (including phenoxy) is 1. The summed E-state index contributed by atoms with van der Waals surface area (Å²) < 4.78 is 7.98. The predicted octanol–water partition coefficient (Wildman–Crippen LogP) is 3.45. The van der Waals surface area contributed by atoms with Crippen molar-refractivity contribution >= 4 is 0 Å². The lowest BCUT2D eigenvalue weighted by Crippen LogP contribution is -2.34. The van der Waals surface area contributed by atoms with Crippen molar-refractivity contribution in [2.75, 3.05) is 13.1 Å².